The van der Waals surface area contributed by atoms with Crippen LogP contribution < -0.4 is 10.6 Å². The van der Waals surface area contributed by atoms with Gasteiger partial charge in [-0.1, -0.05) is 0 Å². The van der Waals surface area contributed by atoms with Crippen LogP contribution in [0.2, 0.25) is 0 Å². The third-order valence-corrected chi connectivity index (χ3v) is 3.21. The third-order valence-electron chi connectivity index (χ3n) is 3.21. The van der Waals surface area contributed by atoms with Gasteiger partial charge in [-0.25, -0.2) is 9.37 Å². The predicted octanol–water partition coefficient (Wildman–Crippen LogP) is 2.83. The minimum atomic E-state index is -0.300. The summed E-state index contributed by atoms with van der Waals surface area (Å²) in [6.07, 6.45) is 3.37. The van der Waals surface area contributed by atoms with E-state index in [1.54, 1.807) is 30.6 Å². The number of pyridine rings is 1. The zero-order valence-corrected chi connectivity index (χ0v) is 12.8. The Morgan fingerprint density at radius 3 is 2.46 bits per heavy atom. The number of anilines is 3. The van der Waals surface area contributed by atoms with Crippen LogP contribution in [-0.2, 0) is 0 Å². The van der Waals surface area contributed by atoms with Gasteiger partial charge in [-0.05, 0) is 36.4 Å². The number of aliphatic hydroxyl groups is 1. The molecule has 0 saturated carbocycles. The molecule has 3 aromatic rings. The number of nitrogens with zero attached hydrogens (tertiary/aromatic N) is 3. The number of aromatic nitrogens is 3. The van der Waals surface area contributed by atoms with Crippen LogP contribution >= 0.6 is 0 Å². The molecule has 0 unspecified atom stereocenters. The Hall–Kier alpha value is -3.06. The van der Waals surface area contributed by atoms with Gasteiger partial charge in [0.15, 0.2) is 0 Å². The Morgan fingerprint density at radius 2 is 1.75 bits per heavy atom. The quantitative estimate of drug-likeness (QED) is 0.646. The summed E-state index contributed by atoms with van der Waals surface area (Å²) >= 11 is 0. The Labute approximate surface area is 138 Å². The van der Waals surface area contributed by atoms with Crippen LogP contribution in [0, 0.1) is 5.82 Å². The lowest BCUT2D eigenvalue weighted by Gasteiger charge is -2.11. The van der Waals surface area contributed by atoms with Gasteiger partial charge in [-0.2, -0.15) is 4.98 Å². The number of rotatable bonds is 6. The van der Waals surface area contributed by atoms with Crippen molar-refractivity contribution in [3.8, 4) is 11.3 Å². The first kappa shape index (κ1) is 15.8. The number of aliphatic hydroxyl groups excluding tert-OH is 1. The molecule has 7 heteroatoms. The number of halogens is 1. The van der Waals surface area contributed by atoms with Gasteiger partial charge < -0.3 is 15.7 Å². The van der Waals surface area contributed by atoms with E-state index in [9.17, 15) is 4.39 Å². The van der Waals surface area contributed by atoms with Gasteiger partial charge in [0.05, 0.1) is 12.3 Å². The molecule has 0 aliphatic rings. The maximum atomic E-state index is 13.0. The molecular formula is C17H16FN5O. The highest BCUT2D eigenvalue weighted by molar-refractivity contribution is 5.67. The summed E-state index contributed by atoms with van der Waals surface area (Å²) in [4.78, 5) is 12.8. The monoisotopic (exact) mass is 325 g/mol. The number of hydrogen-bond acceptors (Lipinski definition) is 6. The summed E-state index contributed by atoms with van der Waals surface area (Å²) < 4.78 is 13.0. The van der Waals surface area contributed by atoms with E-state index in [-0.39, 0.29) is 12.4 Å². The molecule has 3 N–H and O–H groups in total. The second kappa shape index (κ2) is 7.47. The average molecular weight is 325 g/mol. The molecule has 6 nitrogen and oxygen atoms in total. The van der Waals surface area contributed by atoms with Crippen molar-refractivity contribution in [3.05, 3.63) is 60.7 Å². The Bertz CT molecular complexity index is 796. The van der Waals surface area contributed by atoms with E-state index < -0.39 is 0 Å². The van der Waals surface area contributed by atoms with Gasteiger partial charge >= 0.3 is 0 Å². The van der Waals surface area contributed by atoms with E-state index in [1.807, 2.05) is 12.1 Å². The predicted molar refractivity (Wildman–Crippen MR) is 90.5 cm³/mol. The fraction of sp³-hybridized carbons (Fsp3) is 0.118. The fourth-order valence-corrected chi connectivity index (χ4v) is 2.11. The summed E-state index contributed by atoms with van der Waals surface area (Å²) in [5.74, 6) is 0.651. The second-order valence-corrected chi connectivity index (χ2v) is 4.98. The van der Waals surface area contributed by atoms with Crippen molar-refractivity contribution in [2.45, 2.75) is 0 Å². The molecule has 0 radical (unpaired) electrons. The fourth-order valence-electron chi connectivity index (χ4n) is 2.11. The highest BCUT2D eigenvalue weighted by Gasteiger charge is 2.07. The van der Waals surface area contributed by atoms with Crippen molar-refractivity contribution in [3.63, 3.8) is 0 Å². The SMILES string of the molecule is OCCNc1nc(Nc2ccc(F)cc2)cc(-c2ccncc2)n1. The smallest absolute Gasteiger partial charge is 0.225 e. The number of hydrogen-bond donors (Lipinski definition) is 3. The molecule has 2 aromatic heterocycles. The minimum Gasteiger partial charge on any atom is -0.395 e. The molecule has 2 heterocycles. The maximum absolute atomic E-state index is 13.0. The Kier molecular flexibility index (Phi) is 4.93. The minimum absolute atomic E-state index is 0.0242. The lowest BCUT2D eigenvalue weighted by molar-refractivity contribution is 0.311. The lowest BCUT2D eigenvalue weighted by Crippen LogP contribution is -2.10. The molecule has 0 amide bonds. The standard InChI is InChI=1S/C17H16FN5O/c18-13-1-3-14(4-2-13)21-16-11-15(12-5-7-19-8-6-12)22-17(23-16)20-9-10-24/h1-8,11,24H,9-10H2,(H2,20,21,22,23). The van der Waals surface area contributed by atoms with Crippen molar-refractivity contribution in [2.24, 2.45) is 0 Å². The van der Waals surface area contributed by atoms with Gasteiger partial charge in [-0.3, -0.25) is 4.98 Å². The molecule has 0 atom stereocenters. The molecule has 0 fully saturated rings. The van der Waals surface area contributed by atoms with E-state index in [0.29, 0.717) is 29.7 Å². The van der Waals surface area contributed by atoms with Gasteiger partial charge in [0.2, 0.25) is 5.95 Å². The van der Waals surface area contributed by atoms with E-state index in [1.165, 1.54) is 12.1 Å². The number of benzene rings is 1. The Balaban J connectivity index is 1.93. The van der Waals surface area contributed by atoms with Crippen molar-refractivity contribution in [1.29, 1.82) is 0 Å². The molecule has 24 heavy (non-hydrogen) atoms. The summed E-state index contributed by atoms with van der Waals surface area (Å²) in [5, 5.41) is 15.0. The van der Waals surface area contributed by atoms with Crippen LogP contribution in [0.15, 0.2) is 54.9 Å². The molecule has 3 rings (SSSR count). The summed E-state index contributed by atoms with van der Waals surface area (Å²) in [6, 6.07) is 11.5. The van der Waals surface area contributed by atoms with Gasteiger partial charge in [0.1, 0.15) is 11.6 Å². The molecule has 0 saturated heterocycles. The van der Waals surface area contributed by atoms with E-state index in [2.05, 4.69) is 25.6 Å². The third kappa shape index (κ3) is 4.02. The second-order valence-electron chi connectivity index (χ2n) is 4.98. The largest absolute Gasteiger partial charge is 0.395 e. The molecule has 1 aromatic carbocycles. The molecule has 0 aliphatic heterocycles. The van der Waals surface area contributed by atoms with E-state index in [4.69, 9.17) is 5.11 Å². The summed E-state index contributed by atoms with van der Waals surface area (Å²) in [6.45, 7) is 0.319. The lowest BCUT2D eigenvalue weighted by atomic mass is 10.2. The van der Waals surface area contributed by atoms with Crippen molar-refractivity contribution < 1.29 is 9.50 Å². The van der Waals surface area contributed by atoms with Crippen LogP contribution in [0.25, 0.3) is 11.3 Å². The van der Waals surface area contributed by atoms with Crippen LogP contribution in [0.4, 0.5) is 21.8 Å². The maximum Gasteiger partial charge on any atom is 0.225 e. The molecule has 122 valence electrons. The first-order chi connectivity index (χ1) is 11.7. The van der Waals surface area contributed by atoms with Crippen LogP contribution in [0.3, 0.4) is 0 Å². The van der Waals surface area contributed by atoms with Crippen molar-refractivity contribution in [2.75, 3.05) is 23.8 Å². The highest BCUT2D eigenvalue weighted by Crippen LogP contribution is 2.23. The zero-order valence-electron chi connectivity index (χ0n) is 12.8. The molecule has 0 bridgehead atoms. The first-order valence-corrected chi connectivity index (χ1v) is 7.41. The average Bonchev–Trinajstić information content (AvgIpc) is 2.62. The topological polar surface area (TPSA) is 83.0 Å². The van der Waals surface area contributed by atoms with Crippen molar-refractivity contribution in [1.82, 2.24) is 15.0 Å². The zero-order chi connectivity index (χ0) is 16.8. The summed E-state index contributed by atoms with van der Waals surface area (Å²) in [5.41, 5.74) is 2.31. The summed E-state index contributed by atoms with van der Waals surface area (Å²) in [7, 11) is 0. The van der Waals surface area contributed by atoms with Crippen LogP contribution in [0.1, 0.15) is 0 Å². The molecular weight excluding hydrogens is 309 g/mol. The normalized spacial score (nSPS) is 10.4. The molecule has 0 aliphatic carbocycles. The Morgan fingerprint density at radius 1 is 1.00 bits per heavy atom. The molecule has 0 spiro atoms. The van der Waals surface area contributed by atoms with Crippen molar-refractivity contribution >= 4 is 17.5 Å². The first-order valence-electron chi connectivity index (χ1n) is 7.41. The van der Waals surface area contributed by atoms with E-state index >= 15 is 0 Å². The van der Waals surface area contributed by atoms with Crippen LogP contribution in [0.5, 0.6) is 0 Å². The van der Waals surface area contributed by atoms with Crippen LogP contribution in [-0.4, -0.2) is 33.2 Å². The highest BCUT2D eigenvalue weighted by atomic mass is 19.1. The van der Waals surface area contributed by atoms with E-state index in [0.717, 1.165) is 5.56 Å². The van der Waals surface area contributed by atoms with Gasteiger partial charge in [0.25, 0.3) is 0 Å². The number of nitrogens with one attached hydrogen (secondary N) is 2. The van der Waals surface area contributed by atoms with Gasteiger partial charge in [0, 0.05) is 36.3 Å². The van der Waals surface area contributed by atoms with Gasteiger partial charge in [-0.15, -0.1) is 0 Å².